The first kappa shape index (κ1) is 15.6. The summed E-state index contributed by atoms with van der Waals surface area (Å²) in [6.07, 6.45) is 3.66. The number of hydrogen-bond donors (Lipinski definition) is 1. The van der Waals surface area contributed by atoms with E-state index in [1.54, 1.807) is 18.2 Å². The highest BCUT2D eigenvalue weighted by Gasteiger charge is 2.14. The van der Waals surface area contributed by atoms with E-state index in [4.69, 9.17) is 0 Å². The molecule has 1 saturated heterocycles. The second-order valence-electron chi connectivity index (χ2n) is 5.98. The first-order chi connectivity index (χ1) is 12.2. The quantitative estimate of drug-likeness (QED) is 0.782. The van der Waals surface area contributed by atoms with Crippen molar-refractivity contribution in [2.75, 3.05) is 23.3 Å². The van der Waals surface area contributed by atoms with E-state index in [1.807, 2.05) is 6.07 Å². The van der Waals surface area contributed by atoms with Crippen molar-refractivity contribution >= 4 is 17.3 Å². The van der Waals surface area contributed by atoms with Gasteiger partial charge < -0.3 is 10.2 Å². The molecule has 0 radical (unpaired) electrons. The molecular formula is C18H17F2N5. The average molecular weight is 341 g/mol. The summed E-state index contributed by atoms with van der Waals surface area (Å²) in [6, 6.07) is 11.1. The molecule has 2 heterocycles. The highest BCUT2D eigenvalue weighted by Crippen LogP contribution is 2.26. The van der Waals surface area contributed by atoms with Crippen LogP contribution in [-0.4, -0.2) is 27.9 Å². The van der Waals surface area contributed by atoms with E-state index >= 15 is 0 Å². The van der Waals surface area contributed by atoms with Gasteiger partial charge in [0.25, 0.3) is 0 Å². The van der Waals surface area contributed by atoms with E-state index in [1.165, 1.54) is 29.2 Å². The number of benzene rings is 2. The molecule has 3 aromatic rings. The standard InChI is InChI=1S/C18H17F2N5/c19-13-9-14(11-15(10-13)24-7-3-4-8-24)22-18-21-12-25(23-18)17-6-2-1-5-16(17)20/h1-2,5-6,9-12H,3-4,7-8H2,(H,22,23). The maximum absolute atomic E-state index is 13.9. The van der Waals surface area contributed by atoms with Crippen molar-refractivity contribution in [1.29, 1.82) is 0 Å². The number of nitrogens with one attached hydrogen (secondary N) is 1. The molecule has 0 saturated carbocycles. The zero-order valence-corrected chi connectivity index (χ0v) is 13.5. The lowest BCUT2D eigenvalue weighted by Crippen LogP contribution is -2.17. The minimum absolute atomic E-state index is 0.279. The van der Waals surface area contributed by atoms with Crippen molar-refractivity contribution in [1.82, 2.24) is 14.8 Å². The number of nitrogens with zero attached hydrogens (tertiary/aromatic N) is 4. The fourth-order valence-electron chi connectivity index (χ4n) is 3.01. The van der Waals surface area contributed by atoms with Crippen LogP contribution in [0.25, 0.3) is 5.69 Å². The van der Waals surface area contributed by atoms with Gasteiger partial charge in [0.2, 0.25) is 5.95 Å². The summed E-state index contributed by atoms with van der Waals surface area (Å²) in [5.74, 6) is -0.428. The summed E-state index contributed by atoms with van der Waals surface area (Å²) in [5, 5.41) is 7.20. The van der Waals surface area contributed by atoms with E-state index in [2.05, 4.69) is 20.3 Å². The highest BCUT2D eigenvalue weighted by molar-refractivity contribution is 5.62. The Morgan fingerprint density at radius 3 is 2.60 bits per heavy atom. The topological polar surface area (TPSA) is 46.0 Å². The molecule has 2 aromatic carbocycles. The van der Waals surface area contributed by atoms with Crippen LogP contribution in [0.4, 0.5) is 26.1 Å². The second-order valence-corrected chi connectivity index (χ2v) is 5.98. The molecule has 0 bridgehead atoms. The summed E-state index contributed by atoms with van der Waals surface area (Å²) in [4.78, 5) is 6.28. The van der Waals surface area contributed by atoms with E-state index in [0.717, 1.165) is 31.6 Å². The van der Waals surface area contributed by atoms with E-state index in [-0.39, 0.29) is 17.6 Å². The molecule has 128 valence electrons. The zero-order chi connectivity index (χ0) is 17.2. The van der Waals surface area contributed by atoms with Crippen LogP contribution in [0, 0.1) is 11.6 Å². The van der Waals surface area contributed by atoms with Gasteiger partial charge in [-0.05, 0) is 43.2 Å². The van der Waals surface area contributed by atoms with Crippen LogP contribution in [0.3, 0.4) is 0 Å². The molecule has 0 amide bonds. The van der Waals surface area contributed by atoms with Crippen LogP contribution >= 0.6 is 0 Å². The van der Waals surface area contributed by atoms with E-state index in [0.29, 0.717) is 11.4 Å². The predicted molar refractivity (Wildman–Crippen MR) is 92.4 cm³/mol. The molecule has 0 aliphatic carbocycles. The van der Waals surface area contributed by atoms with Gasteiger partial charge in [0, 0.05) is 24.5 Å². The SMILES string of the molecule is Fc1cc(Nc2ncn(-c3ccccc3F)n2)cc(N2CCCC2)c1. The number of anilines is 3. The molecule has 7 heteroatoms. The molecule has 1 N–H and O–H groups in total. The number of para-hydroxylation sites is 1. The third kappa shape index (κ3) is 3.31. The monoisotopic (exact) mass is 341 g/mol. The molecule has 0 unspecified atom stereocenters. The van der Waals surface area contributed by atoms with Crippen molar-refractivity contribution in [3.63, 3.8) is 0 Å². The molecule has 1 aliphatic rings. The van der Waals surface area contributed by atoms with E-state index < -0.39 is 0 Å². The Hall–Kier alpha value is -2.96. The molecule has 1 aliphatic heterocycles. The van der Waals surface area contributed by atoms with Crippen LogP contribution in [0.5, 0.6) is 0 Å². The Bertz CT molecular complexity index is 887. The third-order valence-corrected chi connectivity index (χ3v) is 4.20. The summed E-state index contributed by atoms with van der Waals surface area (Å²) < 4.78 is 29.1. The normalized spacial score (nSPS) is 14.1. The number of rotatable bonds is 4. The van der Waals surface area contributed by atoms with Crippen LogP contribution in [0.15, 0.2) is 48.8 Å². The molecule has 0 spiro atoms. The van der Waals surface area contributed by atoms with Gasteiger partial charge in [-0.25, -0.2) is 13.5 Å². The molecule has 0 atom stereocenters. The van der Waals surface area contributed by atoms with Crippen LogP contribution in [0.1, 0.15) is 12.8 Å². The van der Waals surface area contributed by atoms with Gasteiger partial charge in [-0.15, -0.1) is 5.10 Å². The minimum atomic E-state index is -0.388. The molecular weight excluding hydrogens is 324 g/mol. The average Bonchev–Trinajstić information content (AvgIpc) is 3.26. The van der Waals surface area contributed by atoms with Crippen LogP contribution in [0.2, 0.25) is 0 Å². The van der Waals surface area contributed by atoms with Crippen molar-refractivity contribution in [2.45, 2.75) is 12.8 Å². The summed E-state index contributed by atoms with van der Waals surface area (Å²) >= 11 is 0. The Labute approximate surface area is 143 Å². The smallest absolute Gasteiger partial charge is 0.246 e. The first-order valence-electron chi connectivity index (χ1n) is 8.18. The van der Waals surface area contributed by atoms with Crippen molar-refractivity contribution in [3.05, 3.63) is 60.4 Å². The largest absolute Gasteiger partial charge is 0.371 e. The number of aromatic nitrogens is 3. The van der Waals surface area contributed by atoms with Gasteiger partial charge in [0.15, 0.2) is 0 Å². The highest BCUT2D eigenvalue weighted by atomic mass is 19.1. The molecule has 4 rings (SSSR count). The summed E-state index contributed by atoms with van der Waals surface area (Å²) in [6.45, 7) is 1.87. The number of halogens is 2. The predicted octanol–water partition coefficient (Wildman–Crippen LogP) is 3.89. The van der Waals surface area contributed by atoms with Gasteiger partial charge >= 0.3 is 0 Å². The number of hydrogen-bond acceptors (Lipinski definition) is 4. The molecule has 5 nitrogen and oxygen atoms in total. The van der Waals surface area contributed by atoms with Gasteiger partial charge in [-0.1, -0.05) is 12.1 Å². The third-order valence-electron chi connectivity index (χ3n) is 4.20. The van der Waals surface area contributed by atoms with Crippen LogP contribution in [-0.2, 0) is 0 Å². The maximum atomic E-state index is 13.9. The lowest BCUT2D eigenvalue weighted by atomic mass is 10.2. The minimum Gasteiger partial charge on any atom is -0.371 e. The van der Waals surface area contributed by atoms with Crippen LogP contribution < -0.4 is 10.2 Å². The van der Waals surface area contributed by atoms with Crippen molar-refractivity contribution in [3.8, 4) is 5.69 Å². The lowest BCUT2D eigenvalue weighted by molar-refractivity contribution is 0.611. The Morgan fingerprint density at radius 2 is 1.80 bits per heavy atom. The fourth-order valence-corrected chi connectivity index (χ4v) is 3.01. The van der Waals surface area contributed by atoms with E-state index in [9.17, 15) is 8.78 Å². The lowest BCUT2D eigenvalue weighted by Gasteiger charge is -2.18. The Balaban J connectivity index is 1.57. The van der Waals surface area contributed by atoms with Gasteiger partial charge in [0.05, 0.1) is 0 Å². The second kappa shape index (κ2) is 6.51. The van der Waals surface area contributed by atoms with Gasteiger partial charge in [-0.2, -0.15) is 4.98 Å². The molecule has 25 heavy (non-hydrogen) atoms. The fraction of sp³-hybridized carbons (Fsp3) is 0.222. The van der Waals surface area contributed by atoms with Gasteiger partial charge in [-0.3, -0.25) is 0 Å². The maximum Gasteiger partial charge on any atom is 0.246 e. The zero-order valence-electron chi connectivity index (χ0n) is 13.5. The first-order valence-corrected chi connectivity index (χ1v) is 8.18. The van der Waals surface area contributed by atoms with Crippen molar-refractivity contribution in [2.24, 2.45) is 0 Å². The van der Waals surface area contributed by atoms with Crippen molar-refractivity contribution < 1.29 is 8.78 Å². The molecule has 1 fully saturated rings. The summed E-state index contributed by atoms with van der Waals surface area (Å²) in [7, 11) is 0. The Morgan fingerprint density at radius 1 is 1.00 bits per heavy atom. The molecule has 1 aromatic heterocycles. The Kier molecular flexibility index (Phi) is 4.05. The van der Waals surface area contributed by atoms with Gasteiger partial charge in [0.1, 0.15) is 23.6 Å². The summed E-state index contributed by atoms with van der Waals surface area (Å²) in [5.41, 5.74) is 1.71.